The number of unbranched alkanes of at least 4 members (excludes halogenated alkanes) is 4. The minimum Gasteiger partial charge on any atom is -0.379 e. The van der Waals surface area contributed by atoms with Crippen LogP contribution in [0.25, 0.3) is 0 Å². The Hall–Kier alpha value is 0.0169. The molecule has 21 heavy (non-hydrogen) atoms. The highest BCUT2D eigenvalue weighted by molar-refractivity contribution is 6.60. The van der Waals surface area contributed by atoms with E-state index in [1.165, 1.54) is 19.3 Å². The lowest BCUT2D eigenvalue weighted by Crippen LogP contribution is -2.44. The summed E-state index contributed by atoms with van der Waals surface area (Å²) in [6.45, 7) is 5.26. The van der Waals surface area contributed by atoms with E-state index in [1.807, 2.05) is 0 Å². The molecule has 0 aliphatic carbocycles. The van der Waals surface area contributed by atoms with Crippen molar-refractivity contribution in [1.29, 1.82) is 0 Å². The molecular formula is C15H32O5Si. The molecule has 0 spiro atoms. The van der Waals surface area contributed by atoms with E-state index in [4.69, 9.17) is 22.8 Å². The standard InChI is InChI=1S/C15H32O5Si/c1-4-5-6-9-12-21(16-2,17-3)20-11-8-7-10-18-13-15-14-19-15/h15H,4-14H2,1-3H3. The third-order valence-electron chi connectivity index (χ3n) is 3.67. The molecule has 1 unspecified atom stereocenters. The average molecular weight is 321 g/mol. The molecule has 6 heteroatoms. The molecular weight excluding hydrogens is 288 g/mol. The quantitative estimate of drug-likeness (QED) is 0.264. The Kier molecular flexibility index (Phi) is 10.5. The molecule has 0 saturated carbocycles. The van der Waals surface area contributed by atoms with Gasteiger partial charge in [-0.3, -0.25) is 0 Å². The van der Waals surface area contributed by atoms with Gasteiger partial charge in [-0.15, -0.1) is 0 Å². The van der Waals surface area contributed by atoms with Gasteiger partial charge in [0.15, 0.2) is 0 Å². The molecule has 1 aliphatic rings. The monoisotopic (exact) mass is 320 g/mol. The lowest BCUT2D eigenvalue weighted by atomic mass is 10.2. The Morgan fingerprint density at radius 1 is 1.00 bits per heavy atom. The zero-order chi connectivity index (χ0) is 15.4. The van der Waals surface area contributed by atoms with E-state index in [0.717, 1.165) is 45.1 Å². The molecule has 5 nitrogen and oxygen atoms in total. The van der Waals surface area contributed by atoms with Gasteiger partial charge in [0.2, 0.25) is 0 Å². The van der Waals surface area contributed by atoms with E-state index >= 15 is 0 Å². The fraction of sp³-hybridized carbons (Fsp3) is 1.00. The summed E-state index contributed by atoms with van der Waals surface area (Å²) in [5, 5.41) is 0. The Labute approximate surface area is 130 Å². The van der Waals surface area contributed by atoms with Crippen LogP contribution in [0.5, 0.6) is 0 Å². The Balaban J connectivity index is 2.04. The van der Waals surface area contributed by atoms with Crippen LogP contribution in [-0.2, 0) is 22.8 Å². The van der Waals surface area contributed by atoms with Gasteiger partial charge in [-0.1, -0.05) is 26.2 Å². The predicted molar refractivity (Wildman–Crippen MR) is 84.5 cm³/mol. The van der Waals surface area contributed by atoms with Crippen LogP contribution < -0.4 is 0 Å². The van der Waals surface area contributed by atoms with E-state index in [0.29, 0.717) is 12.7 Å². The van der Waals surface area contributed by atoms with Crippen LogP contribution in [0.2, 0.25) is 6.04 Å². The zero-order valence-corrected chi connectivity index (χ0v) is 14.9. The first kappa shape index (κ1) is 19.1. The molecule has 0 amide bonds. The van der Waals surface area contributed by atoms with Gasteiger partial charge in [0.1, 0.15) is 6.10 Å². The van der Waals surface area contributed by atoms with Crippen molar-refractivity contribution in [3.05, 3.63) is 0 Å². The van der Waals surface area contributed by atoms with Crippen LogP contribution in [0.15, 0.2) is 0 Å². The normalized spacial score (nSPS) is 18.1. The van der Waals surface area contributed by atoms with E-state index < -0.39 is 8.80 Å². The van der Waals surface area contributed by atoms with Crippen molar-refractivity contribution in [3.63, 3.8) is 0 Å². The van der Waals surface area contributed by atoms with Crippen molar-refractivity contribution in [3.8, 4) is 0 Å². The highest BCUT2D eigenvalue weighted by Gasteiger charge is 2.38. The largest absolute Gasteiger partial charge is 0.500 e. The summed E-state index contributed by atoms with van der Waals surface area (Å²) in [6.07, 6.45) is 7.17. The first-order valence-electron chi connectivity index (χ1n) is 8.20. The second-order valence-corrected chi connectivity index (χ2v) is 8.46. The van der Waals surface area contributed by atoms with Gasteiger partial charge in [-0.05, 0) is 19.3 Å². The maximum Gasteiger partial charge on any atom is 0.500 e. The number of hydrogen-bond acceptors (Lipinski definition) is 5. The number of epoxide rings is 1. The van der Waals surface area contributed by atoms with Gasteiger partial charge in [-0.2, -0.15) is 0 Å². The average Bonchev–Trinajstić information content (AvgIpc) is 3.33. The molecule has 1 rings (SSSR count). The van der Waals surface area contributed by atoms with Crippen LogP contribution in [-0.4, -0.2) is 55.6 Å². The van der Waals surface area contributed by atoms with Crippen molar-refractivity contribution in [2.45, 2.75) is 57.6 Å². The van der Waals surface area contributed by atoms with Crippen LogP contribution in [0.1, 0.15) is 45.4 Å². The van der Waals surface area contributed by atoms with Crippen molar-refractivity contribution >= 4 is 8.80 Å². The van der Waals surface area contributed by atoms with Crippen molar-refractivity contribution in [2.24, 2.45) is 0 Å². The SMILES string of the molecule is CCCCCC[Si](OC)(OC)OCCCCOCC1CO1. The Morgan fingerprint density at radius 2 is 1.71 bits per heavy atom. The van der Waals surface area contributed by atoms with Crippen LogP contribution in [0.3, 0.4) is 0 Å². The lowest BCUT2D eigenvalue weighted by Gasteiger charge is -2.26. The van der Waals surface area contributed by atoms with Gasteiger partial charge in [0.25, 0.3) is 0 Å². The number of hydrogen-bond donors (Lipinski definition) is 0. The molecule has 126 valence electrons. The van der Waals surface area contributed by atoms with Crippen molar-refractivity contribution in [2.75, 3.05) is 40.6 Å². The maximum atomic E-state index is 5.96. The molecule has 1 atom stereocenters. The molecule has 0 aromatic heterocycles. The Bertz CT molecular complexity index is 244. The zero-order valence-electron chi connectivity index (χ0n) is 13.9. The van der Waals surface area contributed by atoms with Crippen LogP contribution in [0, 0.1) is 0 Å². The molecule has 1 fully saturated rings. The lowest BCUT2D eigenvalue weighted by molar-refractivity contribution is 0.0843. The summed E-state index contributed by atoms with van der Waals surface area (Å²) in [6, 6.07) is 0.912. The minimum atomic E-state index is -2.43. The molecule has 1 aliphatic heterocycles. The number of ether oxygens (including phenoxy) is 2. The fourth-order valence-electron chi connectivity index (χ4n) is 2.16. The molecule has 0 radical (unpaired) electrons. The molecule has 0 aromatic rings. The van der Waals surface area contributed by atoms with Crippen LogP contribution in [0.4, 0.5) is 0 Å². The summed E-state index contributed by atoms with van der Waals surface area (Å²) < 4.78 is 27.7. The molecule has 1 saturated heterocycles. The summed E-state index contributed by atoms with van der Waals surface area (Å²) in [5.74, 6) is 0. The van der Waals surface area contributed by atoms with Gasteiger partial charge >= 0.3 is 8.80 Å². The molecule has 0 aromatic carbocycles. The molecule has 0 bridgehead atoms. The Morgan fingerprint density at radius 3 is 2.33 bits per heavy atom. The van der Waals surface area contributed by atoms with Crippen molar-refractivity contribution < 1.29 is 22.8 Å². The maximum absolute atomic E-state index is 5.96. The van der Waals surface area contributed by atoms with Gasteiger partial charge in [-0.25, -0.2) is 0 Å². The number of rotatable bonds is 15. The van der Waals surface area contributed by atoms with E-state index in [1.54, 1.807) is 14.2 Å². The van der Waals surface area contributed by atoms with Crippen LogP contribution >= 0.6 is 0 Å². The van der Waals surface area contributed by atoms with E-state index in [2.05, 4.69) is 6.92 Å². The molecule has 1 heterocycles. The van der Waals surface area contributed by atoms with E-state index in [9.17, 15) is 0 Å². The highest BCUT2D eigenvalue weighted by Crippen LogP contribution is 2.19. The second kappa shape index (κ2) is 11.6. The van der Waals surface area contributed by atoms with Gasteiger partial charge < -0.3 is 22.8 Å². The minimum absolute atomic E-state index is 0.353. The fourth-order valence-corrected chi connectivity index (χ4v) is 4.25. The van der Waals surface area contributed by atoms with Gasteiger partial charge in [0.05, 0.1) is 13.2 Å². The highest BCUT2D eigenvalue weighted by atomic mass is 28.4. The summed E-state index contributed by atoms with van der Waals surface area (Å²) in [5.41, 5.74) is 0. The van der Waals surface area contributed by atoms with E-state index in [-0.39, 0.29) is 0 Å². The summed E-state index contributed by atoms with van der Waals surface area (Å²) >= 11 is 0. The van der Waals surface area contributed by atoms with Gasteiger partial charge in [0, 0.05) is 33.5 Å². The third kappa shape index (κ3) is 8.90. The van der Waals surface area contributed by atoms with Crippen molar-refractivity contribution in [1.82, 2.24) is 0 Å². The smallest absolute Gasteiger partial charge is 0.379 e. The second-order valence-electron chi connectivity index (χ2n) is 5.49. The predicted octanol–water partition coefficient (Wildman–Crippen LogP) is 3.01. The third-order valence-corrected chi connectivity index (χ3v) is 6.52. The summed E-state index contributed by atoms with van der Waals surface area (Å²) in [4.78, 5) is 0. The first-order valence-corrected chi connectivity index (χ1v) is 10.1. The molecule has 0 N–H and O–H groups in total. The first-order chi connectivity index (χ1) is 10.3. The summed E-state index contributed by atoms with van der Waals surface area (Å²) in [7, 11) is 0.975. The topological polar surface area (TPSA) is 49.5 Å².